The molecular formula is C16H9IN2OS. The van der Waals surface area contributed by atoms with E-state index >= 15 is 0 Å². The number of hydrogen-bond donors (Lipinski definition) is 0. The van der Waals surface area contributed by atoms with Gasteiger partial charge in [0, 0.05) is 14.7 Å². The molecule has 0 N–H and O–H groups in total. The van der Waals surface area contributed by atoms with E-state index < -0.39 is 0 Å². The highest BCUT2D eigenvalue weighted by Gasteiger charge is 2.08. The Balaban J connectivity index is 1.74. The number of rotatable bonds is 2. The second-order valence-electron chi connectivity index (χ2n) is 4.57. The molecule has 2 heterocycles. The van der Waals surface area contributed by atoms with E-state index in [0.717, 1.165) is 27.4 Å². The molecule has 2 aromatic carbocycles. The van der Waals surface area contributed by atoms with Gasteiger partial charge in [0.1, 0.15) is 5.01 Å². The van der Waals surface area contributed by atoms with Crippen LogP contribution in [0.4, 0.5) is 0 Å². The second-order valence-corrected chi connectivity index (χ2v) is 6.85. The third-order valence-corrected chi connectivity index (χ3v) is 4.94. The minimum absolute atomic E-state index is 0.778. The minimum atomic E-state index is 0.778. The molecule has 21 heavy (non-hydrogen) atoms. The first-order valence-electron chi connectivity index (χ1n) is 6.35. The van der Waals surface area contributed by atoms with Gasteiger partial charge in [-0.1, -0.05) is 24.3 Å². The standard InChI is InChI=1S/C16H9IN2OS/c17-12-5-6-13-15(7-12)21-16(19-13)11-3-1-10(2-4-11)14-8-18-9-20-14/h1-9H. The Labute approximate surface area is 138 Å². The fourth-order valence-electron chi connectivity index (χ4n) is 2.16. The predicted octanol–water partition coefficient (Wildman–Crippen LogP) is 5.22. The smallest absolute Gasteiger partial charge is 0.181 e. The SMILES string of the molecule is Ic1ccc2nc(-c3ccc(-c4cnco4)cc3)sc2c1. The van der Waals surface area contributed by atoms with Crippen LogP contribution in [0.5, 0.6) is 0 Å². The molecule has 0 saturated heterocycles. The molecule has 4 rings (SSSR count). The van der Waals surface area contributed by atoms with Gasteiger partial charge in [-0.2, -0.15) is 0 Å². The molecule has 4 aromatic rings. The molecule has 0 fully saturated rings. The first kappa shape index (κ1) is 13.0. The highest BCUT2D eigenvalue weighted by molar-refractivity contribution is 14.1. The first-order chi connectivity index (χ1) is 10.3. The van der Waals surface area contributed by atoms with Gasteiger partial charge in [-0.25, -0.2) is 9.97 Å². The van der Waals surface area contributed by atoms with Crippen molar-refractivity contribution in [1.82, 2.24) is 9.97 Å². The largest absolute Gasteiger partial charge is 0.444 e. The third-order valence-electron chi connectivity index (χ3n) is 3.20. The van der Waals surface area contributed by atoms with Crippen LogP contribution in [0, 0.1) is 3.57 Å². The molecule has 0 unspecified atom stereocenters. The van der Waals surface area contributed by atoms with Crippen LogP contribution in [0.25, 0.3) is 32.1 Å². The van der Waals surface area contributed by atoms with Gasteiger partial charge in [-0.05, 0) is 40.8 Å². The van der Waals surface area contributed by atoms with Crippen molar-refractivity contribution >= 4 is 44.1 Å². The topological polar surface area (TPSA) is 38.9 Å². The number of hydrogen-bond acceptors (Lipinski definition) is 4. The zero-order chi connectivity index (χ0) is 14.2. The summed E-state index contributed by atoms with van der Waals surface area (Å²) in [5.41, 5.74) is 3.19. The van der Waals surface area contributed by atoms with Gasteiger partial charge in [-0.3, -0.25) is 0 Å². The average molecular weight is 404 g/mol. The lowest BCUT2D eigenvalue weighted by molar-refractivity contribution is 0.572. The summed E-state index contributed by atoms with van der Waals surface area (Å²) >= 11 is 4.04. The Kier molecular flexibility index (Phi) is 3.23. The molecule has 0 aliphatic heterocycles. The Bertz CT molecular complexity index is 898. The van der Waals surface area contributed by atoms with E-state index in [1.807, 2.05) is 12.1 Å². The summed E-state index contributed by atoms with van der Waals surface area (Å²) < 4.78 is 7.75. The summed E-state index contributed by atoms with van der Waals surface area (Å²) in [6.45, 7) is 0. The predicted molar refractivity (Wildman–Crippen MR) is 93.3 cm³/mol. The number of nitrogens with zero attached hydrogens (tertiary/aromatic N) is 2. The van der Waals surface area contributed by atoms with Crippen molar-refractivity contribution in [3.8, 4) is 21.9 Å². The van der Waals surface area contributed by atoms with E-state index in [4.69, 9.17) is 9.40 Å². The van der Waals surface area contributed by atoms with Crippen LogP contribution in [0.3, 0.4) is 0 Å². The van der Waals surface area contributed by atoms with Crippen molar-refractivity contribution in [3.63, 3.8) is 0 Å². The maximum absolute atomic E-state index is 5.30. The lowest BCUT2D eigenvalue weighted by Gasteiger charge is -1.98. The van der Waals surface area contributed by atoms with Crippen molar-refractivity contribution in [1.29, 1.82) is 0 Å². The van der Waals surface area contributed by atoms with Gasteiger partial charge in [0.25, 0.3) is 0 Å². The van der Waals surface area contributed by atoms with E-state index in [0.29, 0.717) is 0 Å². The van der Waals surface area contributed by atoms with Gasteiger partial charge in [-0.15, -0.1) is 11.3 Å². The Hall–Kier alpha value is -1.73. The highest BCUT2D eigenvalue weighted by Crippen LogP contribution is 2.32. The maximum Gasteiger partial charge on any atom is 0.181 e. The molecular weight excluding hydrogens is 395 g/mol. The Morgan fingerprint density at radius 3 is 2.57 bits per heavy atom. The molecule has 2 aromatic heterocycles. The van der Waals surface area contributed by atoms with Crippen LogP contribution in [-0.4, -0.2) is 9.97 Å². The number of aromatic nitrogens is 2. The van der Waals surface area contributed by atoms with Crippen LogP contribution in [0.1, 0.15) is 0 Å². The van der Waals surface area contributed by atoms with E-state index in [1.54, 1.807) is 17.5 Å². The van der Waals surface area contributed by atoms with Gasteiger partial charge in [0.15, 0.2) is 12.2 Å². The summed E-state index contributed by atoms with van der Waals surface area (Å²) in [5.74, 6) is 0.778. The van der Waals surface area contributed by atoms with E-state index in [1.165, 1.54) is 14.7 Å². The number of oxazole rings is 1. The zero-order valence-corrected chi connectivity index (χ0v) is 13.8. The minimum Gasteiger partial charge on any atom is -0.444 e. The summed E-state index contributed by atoms with van der Waals surface area (Å²) in [5, 5.41) is 1.04. The van der Waals surface area contributed by atoms with Crippen molar-refractivity contribution < 1.29 is 4.42 Å². The Morgan fingerprint density at radius 1 is 1.00 bits per heavy atom. The van der Waals surface area contributed by atoms with Crippen LogP contribution < -0.4 is 0 Å². The molecule has 5 heteroatoms. The van der Waals surface area contributed by atoms with E-state index in [-0.39, 0.29) is 0 Å². The van der Waals surface area contributed by atoms with Gasteiger partial charge < -0.3 is 4.42 Å². The van der Waals surface area contributed by atoms with Crippen LogP contribution in [0.2, 0.25) is 0 Å². The summed E-state index contributed by atoms with van der Waals surface area (Å²) in [4.78, 5) is 8.63. The van der Waals surface area contributed by atoms with Crippen molar-refractivity contribution in [2.24, 2.45) is 0 Å². The summed E-state index contributed by atoms with van der Waals surface area (Å²) in [7, 11) is 0. The lowest BCUT2D eigenvalue weighted by Crippen LogP contribution is -1.78. The lowest BCUT2D eigenvalue weighted by atomic mass is 10.1. The molecule has 102 valence electrons. The quantitative estimate of drug-likeness (QED) is 0.430. The highest BCUT2D eigenvalue weighted by atomic mass is 127. The number of halogens is 1. The molecule has 0 atom stereocenters. The normalized spacial score (nSPS) is 11.1. The van der Waals surface area contributed by atoms with Crippen molar-refractivity contribution in [2.45, 2.75) is 0 Å². The molecule has 0 spiro atoms. The second kappa shape index (κ2) is 5.23. The zero-order valence-electron chi connectivity index (χ0n) is 10.8. The van der Waals surface area contributed by atoms with Crippen LogP contribution in [-0.2, 0) is 0 Å². The van der Waals surface area contributed by atoms with Crippen molar-refractivity contribution in [3.05, 3.63) is 58.6 Å². The molecule has 0 radical (unpaired) electrons. The molecule has 0 saturated carbocycles. The van der Waals surface area contributed by atoms with Gasteiger partial charge >= 0.3 is 0 Å². The van der Waals surface area contributed by atoms with Crippen LogP contribution in [0.15, 0.2) is 59.5 Å². The molecule has 0 amide bonds. The van der Waals surface area contributed by atoms with Gasteiger partial charge in [0.05, 0.1) is 16.4 Å². The number of fused-ring (bicyclic) bond motifs is 1. The summed E-state index contributed by atoms with van der Waals surface area (Å²) in [6.07, 6.45) is 3.16. The fourth-order valence-corrected chi connectivity index (χ4v) is 3.87. The van der Waals surface area contributed by atoms with E-state index in [2.05, 4.69) is 57.9 Å². The molecule has 0 bridgehead atoms. The van der Waals surface area contributed by atoms with E-state index in [9.17, 15) is 0 Å². The van der Waals surface area contributed by atoms with Crippen molar-refractivity contribution in [2.75, 3.05) is 0 Å². The maximum atomic E-state index is 5.30. The Morgan fingerprint density at radius 2 is 1.81 bits per heavy atom. The third kappa shape index (κ3) is 2.47. The molecule has 0 aliphatic carbocycles. The molecule has 3 nitrogen and oxygen atoms in total. The van der Waals surface area contributed by atoms with Crippen LogP contribution >= 0.6 is 33.9 Å². The molecule has 0 aliphatic rings. The first-order valence-corrected chi connectivity index (χ1v) is 8.24. The number of benzene rings is 2. The average Bonchev–Trinajstić information content (AvgIpc) is 3.16. The van der Waals surface area contributed by atoms with Gasteiger partial charge in [0.2, 0.25) is 0 Å². The monoisotopic (exact) mass is 404 g/mol. The fraction of sp³-hybridized carbons (Fsp3) is 0. The number of thiazole rings is 1. The summed E-state index contributed by atoms with van der Waals surface area (Å²) in [6, 6.07) is 14.5.